The van der Waals surface area contributed by atoms with Crippen molar-refractivity contribution < 1.29 is 9.53 Å². The molecule has 0 spiro atoms. The fourth-order valence-electron chi connectivity index (χ4n) is 2.28. The van der Waals surface area contributed by atoms with E-state index in [0.717, 1.165) is 11.3 Å². The maximum atomic E-state index is 11.9. The highest BCUT2D eigenvalue weighted by Crippen LogP contribution is 2.27. The molecule has 0 fully saturated rings. The monoisotopic (exact) mass is 363 g/mol. The molecule has 24 heavy (non-hydrogen) atoms. The first-order chi connectivity index (χ1) is 11.6. The van der Waals surface area contributed by atoms with E-state index in [1.165, 1.54) is 0 Å². The maximum absolute atomic E-state index is 11.9. The molecule has 7 heteroatoms. The molecule has 0 saturated carbocycles. The summed E-state index contributed by atoms with van der Waals surface area (Å²) in [5.74, 6) is 1.05. The van der Waals surface area contributed by atoms with Crippen molar-refractivity contribution in [1.29, 1.82) is 0 Å². The number of benzene rings is 1. The van der Waals surface area contributed by atoms with Crippen LogP contribution in [0.2, 0.25) is 10.0 Å². The van der Waals surface area contributed by atoms with Gasteiger partial charge in [-0.3, -0.25) is 4.79 Å². The second-order valence-electron chi connectivity index (χ2n) is 5.13. The summed E-state index contributed by atoms with van der Waals surface area (Å²) in [6.45, 7) is 0.349. The molecule has 2 aromatic heterocycles. The zero-order chi connectivity index (χ0) is 16.9. The van der Waals surface area contributed by atoms with E-state index in [1.54, 1.807) is 24.4 Å². The molecular formula is C17H15Cl2N3O2. The standard InChI is InChI=1S/C17H15Cl2N3O2/c18-12-4-5-14(19)15(9-12)24-11-17(23)20-7-6-16-21-10-13-3-1-2-8-22(13)16/h1-5,8-10H,6-7,11H2,(H,20,23). The minimum Gasteiger partial charge on any atom is -0.482 e. The summed E-state index contributed by atoms with van der Waals surface area (Å²) in [5, 5.41) is 3.71. The van der Waals surface area contributed by atoms with Gasteiger partial charge in [0.2, 0.25) is 0 Å². The van der Waals surface area contributed by atoms with Crippen LogP contribution in [0.3, 0.4) is 0 Å². The van der Waals surface area contributed by atoms with E-state index in [2.05, 4.69) is 10.3 Å². The Morgan fingerprint density at radius 3 is 3.00 bits per heavy atom. The molecule has 0 unspecified atom stereocenters. The van der Waals surface area contributed by atoms with Crippen LogP contribution >= 0.6 is 23.2 Å². The van der Waals surface area contributed by atoms with E-state index in [9.17, 15) is 4.79 Å². The average Bonchev–Trinajstić information content (AvgIpc) is 2.99. The molecule has 0 atom stereocenters. The number of imidazole rings is 1. The van der Waals surface area contributed by atoms with Gasteiger partial charge in [0.05, 0.1) is 16.7 Å². The Morgan fingerprint density at radius 1 is 1.25 bits per heavy atom. The van der Waals surface area contributed by atoms with Crippen molar-refractivity contribution in [3.8, 4) is 5.75 Å². The second kappa shape index (κ2) is 7.55. The van der Waals surface area contributed by atoms with Crippen molar-refractivity contribution in [1.82, 2.24) is 14.7 Å². The quantitative estimate of drug-likeness (QED) is 0.730. The van der Waals surface area contributed by atoms with Crippen LogP contribution in [0.25, 0.3) is 5.52 Å². The molecule has 124 valence electrons. The van der Waals surface area contributed by atoms with Crippen LogP contribution < -0.4 is 10.1 Å². The third-order valence-corrected chi connectivity index (χ3v) is 3.99. The summed E-state index contributed by atoms with van der Waals surface area (Å²) < 4.78 is 7.38. The number of hydrogen-bond acceptors (Lipinski definition) is 3. The van der Waals surface area contributed by atoms with Crippen molar-refractivity contribution >= 4 is 34.6 Å². The number of nitrogens with one attached hydrogen (secondary N) is 1. The lowest BCUT2D eigenvalue weighted by Gasteiger charge is -2.09. The molecule has 0 aliphatic heterocycles. The van der Waals surface area contributed by atoms with Gasteiger partial charge in [-0.1, -0.05) is 29.3 Å². The van der Waals surface area contributed by atoms with Crippen molar-refractivity contribution in [3.05, 3.63) is 64.7 Å². The van der Waals surface area contributed by atoms with Gasteiger partial charge in [-0.25, -0.2) is 4.98 Å². The number of ether oxygens (including phenoxy) is 1. The van der Waals surface area contributed by atoms with Gasteiger partial charge in [-0.05, 0) is 24.3 Å². The lowest BCUT2D eigenvalue weighted by atomic mass is 10.3. The van der Waals surface area contributed by atoms with Crippen LogP contribution in [0.15, 0.2) is 48.8 Å². The molecule has 0 aliphatic rings. The summed E-state index contributed by atoms with van der Waals surface area (Å²) in [5.41, 5.74) is 1.03. The number of halogens is 2. The van der Waals surface area contributed by atoms with Gasteiger partial charge in [0.15, 0.2) is 6.61 Å². The first-order valence-electron chi connectivity index (χ1n) is 7.39. The van der Waals surface area contributed by atoms with E-state index >= 15 is 0 Å². The van der Waals surface area contributed by atoms with Crippen LogP contribution in [0, 0.1) is 0 Å². The number of nitrogens with zero attached hydrogens (tertiary/aromatic N) is 2. The molecule has 0 radical (unpaired) electrons. The van der Waals surface area contributed by atoms with Crippen LogP contribution in [0.4, 0.5) is 0 Å². The molecule has 0 aliphatic carbocycles. The lowest BCUT2D eigenvalue weighted by molar-refractivity contribution is -0.123. The molecule has 1 N–H and O–H groups in total. The van der Waals surface area contributed by atoms with E-state index in [1.807, 2.05) is 28.8 Å². The van der Waals surface area contributed by atoms with Crippen LogP contribution in [0.5, 0.6) is 5.75 Å². The fraction of sp³-hybridized carbons (Fsp3) is 0.176. The van der Waals surface area contributed by atoms with E-state index < -0.39 is 0 Å². The minimum absolute atomic E-state index is 0.123. The number of hydrogen-bond donors (Lipinski definition) is 1. The molecule has 2 heterocycles. The van der Waals surface area contributed by atoms with Crippen LogP contribution in [-0.2, 0) is 11.2 Å². The van der Waals surface area contributed by atoms with E-state index in [4.69, 9.17) is 27.9 Å². The first-order valence-corrected chi connectivity index (χ1v) is 8.14. The van der Waals surface area contributed by atoms with E-state index in [0.29, 0.717) is 28.8 Å². The van der Waals surface area contributed by atoms with Gasteiger partial charge in [-0.15, -0.1) is 0 Å². The number of carbonyl (C=O) groups excluding carboxylic acids is 1. The van der Waals surface area contributed by atoms with Crippen molar-refractivity contribution in [2.45, 2.75) is 6.42 Å². The summed E-state index contributed by atoms with van der Waals surface area (Å²) >= 11 is 11.9. The second-order valence-corrected chi connectivity index (χ2v) is 5.98. The highest BCUT2D eigenvalue weighted by Gasteiger charge is 2.08. The largest absolute Gasteiger partial charge is 0.482 e. The summed E-state index contributed by atoms with van der Waals surface area (Å²) in [4.78, 5) is 16.2. The van der Waals surface area contributed by atoms with Gasteiger partial charge >= 0.3 is 0 Å². The molecule has 1 aromatic carbocycles. The van der Waals surface area contributed by atoms with Crippen LogP contribution in [-0.4, -0.2) is 28.4 Å². The highest BCUT2D eigenvalue weighted by molar-refractivity contribution is 6.34. The molecule has 0 bridgehead atoms. The van der Waals surface area contributed by atoms with Gasteiger partial charge in [-0.2, -0.15) is 0 Å². The molecule has 5 nitrogen and oxygen atoms in total. The summed E-state index contributed by atoms with van der Waals surface area (Å²) in [6.07, 6.45) is 4.38. The Bertz CT molecular complexity index is 864. The average molecular weight is 364 g/mol. The molecule has 1 amide bonds. The Morgan fingerprint density at radius 2 is 2.12 bits per heavy atom. The SMILES string of the molecule is O=C(COc1cc(Cl)ccc1Cl)NCCc1ncc2ccccn12. The predicted octanol–water partition coefficient (Wildman–Crippen LogP) is 3.38. The Labute approximate surface area is 149 Å². The summed E-state index contributed by atoms with van der Waals surface area (Å²) in [7, 11) is 0. The van der Waals surface area contributed by atoms with Crippen molar-refractivity contribution in [2.24, 2.45) is 0 Å². The third kappa shape index (κ3) is 3.99. The number of fused-ring (bicyclic) bond motifs is 1. The minimum atomic E-state index is -0.230. The number of aromatic nitrogens is 2. The molecule has 3 rings (SSSR count). The smallest absolute Gasteiger partial charge is 0.257 e. The Kier molecular flexibility index (Phi) is 5.23. The normalized spacial score (nSPS) is 10.8. The number of carbonyl (C=O) groups is 1. The van der Waals surface area contributed by atoms with Gasteiger partial charge in [0, 0.05) is 30.3 Å². The number of rotatable bonds is 6. The molecular weight excluding hydrogens is 349 g/mol. The maximum Gasteiger partial charge on any atom is 0.257 e. The van der Waals surface area contributed by atoms with Gasteiger partial charge < -0.3 is 14.5 Å². The third-order valence-electron chi connectivity index (χ3n) is 3.44. The van der Waals surface area contributed by atoms with Gasteiger partial charge in [0.25, 0.3) is 5.91 Å². The van der Waals surface area contributed by atoms with Gasteiger partial charge in [0.1, 0.15) is 11.6 Å². The number of pyridine rings is 1. The number of amides is 1. The predicted molar refractivity (Wildman–Crippen MR) is 93.9 cm³/mol. The Hall–Kier alpha value is -2.24. The van der Waals surface area contributed by atoms with Crippen molar-refractivity contribution in [2.75, 3.05) is 13.2 Å². The fourth-order valence-corrected chi connectivity index (χ4v) is 2.61. The zero-order valence-corrected chi connectivity index (χ0v) is 14.2. The van der Waals surface area contributed by atoms with Crippen LogP contribution in [0.1, 0.15) is 5.82 Å². The first kappa shape index (κ1) is 16.6. The van der Waals surface area contributed by atoms with E-state index in [-0.39, 0.29) is 12.5 Å². The lowest BCUT2D eigenvalue weighted by Crippen LogP contribution is -2.30. The van der Waals surface area contributed by atoms with Crippen molar-refractivity contribution in [3.63, 3.8) is 0 Å². The zero-order valence-electron chi connectivity index (χ0n) is 12.7. The Balaban J connectivity index is 1.48. The topological polar surface area (TPSA) is 55.6 Å². The molecule has 0 saturated heterocycles. The summed E-state index contributed by atoms with van der Waals surface area (Å²) in [6, 6.07) is 10.7. The molecule has 3 aromatic rings. The highest BCUT2D eigenvalue weighted by atomic mass is 35.5.